The number of hydrogen-bond donors (Lipinski definition) is 1. The normalized spacial score (nSPS) is 15.5. The first-order chi connectivity index (χ1) is 12.9. The number of carbonyl (C=O) groups excluding carboxylic acids is 3. The van der Waals surface area contributed by atoms with Crippen molar-refractivity contribution in [2.75, 3.05) is 13.1 Å². The molecule has 1 aliphatic heterocycles. The Balaban J connectivity index is 1.58. The van der Waals surface area contributed by atoms with Gasteiger partial charge in [0.05, 0.1) is 16.8 Å². The van der Waals surface area contributed by atoms with E-state index >= 15 is 0 Å². The number of rotatable bonds is 5. The van der Waals surface area contributed by atoms with Crippen molar-refractivity contribution in [1.29, 1.82) is 0 Å². The third-order valence-electron chi connectivity index (χ3n) is 3.88. The number of hydrogen-bond acceptors (Lipinski definition) is 6. The van der Waals surface area contributed by atoms with Gasteiger partial charge in [0, 0.05) is 19.3 Å². The molecule has 3 amide bonds. The molecule has 1 N–H and O–H groups in total. The summed E-state index contributed by atoms with van der Waals surface area (Å²) >= 11 is 0.901. The molecule has 0 saturated carbocycles. The fourth-order valence-corrected chi connectivity index (χ4v) is 3.25. The minimum Gasteiger partial charge on any atom is -0.349 e. The van der Waals surface area contributed by atoms with Gasteiger partial charge in [-0.25, -0.2) is 4.98 Å². The smallest absolute Gasteiger partial charge is 0.293 e. The Morgan fingerprint density at radius 3 is 2.56 bits per heavy atom. The molecule has 27 heavy (non-hydrogen) atoms. The second-order valence-corrected chi connectivity index (χ2v) is 7.04. The summed E-state index contributed by atoms with van der Waals surface area (Å²) in [5.41, 5.74) is 2.88. The van der Waals surface area contributed by atoms with E-state index in [2.05, 4.69) is 15.3 Å². The van der Waals surface area contributed by atoms with Crippen LogP contribution in [0.1, 0.15) is 27.3 Å². The third kappa shape index (κ3) is 4.59. The second-order valence-electron chi connectivity index (χ2n) is 6.04. The van der Waals surface area contributed by atoms with Crippen LogP contribution in [0.15, 0.2) is 41.6 Å². The summed E-state index contributed by atoms with van der Waals surface area (Å²) in [7, 11) is 0. The lowest BCUT2D eigenvalue weighted by molar-refractivity contribution is -0.122. The van der Waals surface area contributed by atoms with Gasteiger partial charge in [-0.1, -0.05) is 29.8 Å². The summed E-state index contributed by atoms with van der Waals surface area (Å²) in [6.45, 7) is 4.00. The van der Waals surface area contributed by atoms with Crippen molar-refractivity contribution in [2.45, 2.75) is 13.8 Å². The van der Waals surface area contributed by atoms with Crippen LogP contribution >= 0.6 is 11.8 Å². The highest BCUT2D eigenvalue weighted by Gasteiger charge is 2.34. The van der Waals surface area contributed by atoms with Gasteiger partial charge in [0.25, 0.3) is 17.1 Å². The Bertz CT molecular complexity index is 908. The quantitative estimate of drug-likeness (QED) is 0.799. The third-order valence-corrected chi connectivity index (χ3v) is 4.79. The van der Waals surface area contributed by atoms with E-state index < -0.39 is 5.91 Å². The number of aromatic nitrogens is 2. The monoisotopic (exact) mass is 382 g/mol. The van der Waals surface area contributed by atoms with Crippen molar-refractivity contribution in [1.82, 2.24) is 20.2 Å². The predicted molar refractivity (Wildman–Crippen MR) is 103 cm³/mol. The molecule has 1 fully saturated rings. The van der Waals surface area contributed by atoms with Crippen molar-refractivity contribution in [2.24, 2.45) is 0 Å². The van der Waals surface area contributed by atoms with Crippen molar-refractivity contribution in [3.8, 4) is 0 Å². The van der Waals surface area contributed by atoms with Gasteiger partial charge in [-0.05, 0) is 37.2 Å². The van der Waals surface area contributed by atoms with Crippen molar-refractivity contribution >= 4 is 34.9 Å². The summed E-state index contributed by atoms with van der Waals surface area (Å²) in [5, 5.41) is 2.30. The first-order valence-electron chi connectivity index (χ1n) is 8.33. The molecule has 0 aliphatic carbocycles. The summed E-state index contributed by atoms with van der Waals surface area (Å²) in [6, 6.07) is 7.68. The largest absolute Gasteiger partial charge is 0.349 e. The van der Waals surface area contributed by atoms with E-state index in [0.29, 0.717) is 10.6 Å². The van der Waals surface area contributed by atoms with Crippen LogP contribution < -0.4 is 5.32 Å². The maximum atomic E-state index is 12.5. The maximum Gasteiger partial charge on any atom is 0.293 e. The van der Waals surface area contributed by atoms with E-state index in [9.17, 15) is 14.4 Å². The molecule has 1 saturated heterocycles. The van der Waals surface area contributed by atoms with Gasteiger partial charge in [0.2, 0.25) is 0 Å². The van der Waals surface area contributed by atoms with Crippen LogP contribution in [0.2, 0.25) is 0 Å². The molecule has 1 aromatic carbocycles. The first-order valence-corrected chi connectivity index (χ1v) is 9.14. The van der Waals surface area contributed by atoms with Crippen molar-refractivity contribution in [3.63, 3.8) is 0 Å². The van der Waals surface area contributed by atoms with Crippen LogP contribution in [0.5, 0.6) is 0 Å². The molecule has 0 radical (unpaired) electrons. The Morgan fingerprint density at radius 2 is 1.89 bits per heavy atom. The highest BCUT2D eigenvalue weighted by atomic mass is 32.2. The number of amides is 3. The molecule has 0 bridgehead atoms. The molecule has 3 rings (SSSR count). The van der Waals surface area contributed by atoms with E-state index in [-0.39, 0.29) is 29.9 Å². The summed E-state index contributed by atoms with van der Waals surface area (Å²) in [5.74, 6) is -0.750. The van der Waals surface area contributed by atoms with Crippen LogP contribution in [0.25, 0.3) is 6.08 Å². The second kappa shape index (κ2) is 8.13. The number of aryl methyl sites for hydroxylation is 2. The van der Waals surface area contributed by atoms with Gasteiger partial charge in [0.15, 0.2) is 0 Å². The van der Waals surface area contributed by atoms with Crippen LogP contribution in [0.3, 0.4) is 0 Å². The zero-order chi connectivity index (χ0) is 19.4. The number of imide groups is 1. The number of thioether (sulfide) groups is 1. The Hall–Kier alpha value is -3.00. The molecule has 1 aliphatic rings. The van der Waals surface area contributed by atoms with Gasteiger partial charge >= 0.3 is 0 Å². The predicted octanol–water partition coefficient (Wildman–Crippen LogP) is 2.56. The van der Waals surface area contributed by atoms with Crippen LogP contribution in [0, 0.1) is 13.8 Å². The van der Waals surface area contributed by atoms with E-state index in [1.165, 1.54) is 12.4 Å². The highest BCUT2D eigenvalue weighted by Crippen LogP contribution is 2.31. The molecule has 1 aromatic heterocycles. The lowest BCUT2D eigenvalue weighted by Gasteiger charge is -2.12. The van der Waals surface area contributed by atoms with E-state index in [0.717, 1.165) is 27.8 Å². The molecule has 2 aromatic rings. The van der Waals surface area contributed by atoms with Crippen molar-refractivity contribution < 1.29 is 14.4 Å². The van der Waals surface area contributed by atoms with E-state index in [1.54, 1.807) is 13.0 Å². The Morgan fingerprint density at radius 1 is 1.15 bits per heavy atom. The standard InChI is InChI=1S/C19H18N4O3S/c1-12-3-5-14(6-4-12)9-16-18(25)23(19(26)27-16)8-7-20-17(24)15-11-21-13(2)10-22-15/h3-6,9-11H,7-8H2,1-2H3,(H,20,24)/b16-9-. The number of nitrogens with zero attached hydrogens (tertiary/aromatic N) is 3. The van der Waals surface area contributed by atoms with E-state index in [1.807, 2.05) is 31.2 Å². The van der Waals surface area contributed by atoms with Crippen LogP contribution in [-0.4, -0.2) is 45.0 Å². The number of nitrogens with one attached hydrogen (secondary N) is 1. The fraction of sp³-hybridized carbons (Fsp3) is 0.211. The average molecular weight is 382 g/mol. The maximum absolute atomic E-state index is 12.5. The molecule has 0 atom stereocenters. The number of carbonyl (C=O) groups is 3. The van der Waals surface area contributed by atoms with Crippen molar-refractivity contribution in [3.05, 3.63) is 64.1 Å². The van der Waals surface area contributed by atoms with Gasteiger partial charge in [-0.15, -0.1) is 0 Å². The molecule has 0 unspecified atom stereocenters. The van der Waals surface area contributed by atoms with E-state index in [4.69, 9.17) is 0 Å². The molecular weight excluding hydrogens is 364 g/mol. The van der Waals surface area contributed by atoms with Crippen LogP contribution in [0.4, 0.5) is 4.79 Å². The van der Waals surface area contributed by atoms with Crippen LogP contribution in [-0.2, 0) is 4.79 Å². The molecule has 0 spiro atoms. The van der Waals surface area contributed by atoms with Gasteiger partial charge < -0.3 is 5.32 Å². The average Bonchev–Trinajstić information content (AvgIpc) is 2.91. The Kier molecular flexibility index (Phi) is 5.66. The lowest BCUT2D eigenvalue weighted by Crippen LogP contribution is -2.37. The molecule has 7 nitrogen and oxygen atoms in total. The summed E-state index contributed by atoms with van der Waals surface area (Å²) < 4.78 is 0. The SMILES string of the molecule is Cc1ccc(/C=C2\SC(=O)N(CCNC(=O)c3cnc(C)cn3)C2=O)cc1. The van der Waals surface area contributed by atoms with Gasteiger partial charge in [-0.2, -0.15) is 0 Å². The lowest BCUT2D eigenvalue weighted by atomic mass is 10.1. The van der Waals surface area contributed by atoms with Gasteiger partial charge in [-0.3, -0.25) is 24.3 Å². The van der Waals surface area contributed by atoms with Gasteiger partial charge in [0.1, 0.15) is 5.69 Å². The fourth-order valence-electron chi connectivity index (χ4n) is 2.39. The molecule has 2 heterocycles. The first kappa shape index (κ1) is 18.8. The topological polar surface area (TPSA) is 92.3 Å². The molecule has 138 valence electrons. The minimum atomic E-state index is -0.398. The number of benzene rings is 1. The summed E-state index contributed by atoms with van der Waals surface area (Å²) in [4.78, 5) is 46.1. The molecular formula is C19H18N4O3S. The Labute approximate surface area is 160 Å². The summed E-state index contributed by atoms with van der Waals surface area (Å²) in [6.07, 6.45) is 4.58. The minimum absolute atomic E-state index is 0.0981. The zero-order valence-corrected chi connectivity index (χ0v) is 15.7. The highest BCUT2D eigenvalue weighted by molar-refractivity contribution is 8.18. The zero-order valence-electron chi connectivity index (χ0n) is 14.9. The molecule has 8 heteroatoms.